The van der Waals surface area contributed by atoms with Crippen LogP contribution in [0.4, 0.5) is 0 Å². The molecule has 0 aliphatic carbocycles. The molecule has 1 amide bonds. The normalized spacial score (nSPS) is 15.5. The quantitative estimate of drug-likeness (QED) is 0.575. The van der Waals surface area contributed by atoms with Crippen LogP contribution >= 0.6 is 0 Å². The van der Waals surface area contributed by atoms with E-state index in [-0.39, 0.29) is 25.0 Å². The van der Waals surface area contributed by atoms with Crippen molar-refractivity contribution in [1.29, 1.82) is 0 Å². The lowest BCUT2D eigenvalue weighted by Gasteiger charge is -2.27. The summed E-state index contributed by atoms with van der Waals surface area (Å²) >= 11 is 0. The molecule has 5 nitrogen and oxygen atoms in total. The molecule has 0 radical (unpaired) electrons. The van der Waals surface area contributed by atoms with E-state index in [1.165, 1.54) is 5.56 Å². The number of carbonyl (C=O) groups is 1. The first kappa shape index (κ1) is 16.7. The van der Waals surface area contributed by atoms with Gasteiger partial charge in [-0.25, -0.2) is 0 Å². The third-order valence-electron chi connectivity index (χ3n) is 5.27. The van der Waals surface area contributed by atoms with Gasteiger partial charge in [0.1, 0.15) is 18.1 Å². The highest BCUT2D eigenvalue weighted by Crippen LogP contribution is 2.44. The van der Waals surface area contributed by atoms with E-state index in [4.69, 9.17) is 15.2 Å². The Balaban J connectivity index is 1.74. The molecular formula is C23H20N2O3. The molecule has 1 unspecified atom stereocenters. The van der Waals surface area contributed by atoms with Crippen molar-refractivity contribution in [3.63, 3.8) is 0 Å². The molecule has 0 bridgehead atoms. The van der Waals surface area contributed by atoms with Crippen molar-refractivity contribution in [1.82, 2.24) is 4.57 Å². The number of amides is 1. The first-order valence-corrected chi connectivity index (χ1v) is 9.38. The molecule has 1 aliphatic heterocycles. The highest BCUT2D eigenvalue weighted by atomic mass is 16.5. The summed E-state index contributed by atoms with van der Waals surface area (Å²) in [4.78, 5) is 11.1. The minimum absolute atomic E-state index is 0.0805. The molecule has 5 heteroatoms. The van der Waals surface area contributed by atoms with Crippen LogP contribution in [0, 0.1) is 0 Å². The summed E-state index contributed by atoms with van der Waals surface area (Å²) in [5.74, 6) is 1.27. The van der Waals surface area contributed by atoms with Crippen LogP contribution in [0.5, 0.6) is 11.5 Å². The number of nitrogens with two attached hydrogens (primary N) is 1. The molecule has 0 saturated carbocycles. The number of carbonyl (C=O) groups excluding carboxylic acids is 1. The van der Waals surface area contributed by atoms with Crippen LogP contribution < -0.4 is 15.2 Å². The molecule has 28 heavy (non-hydrogen) atoms. The fourth-order valence-corrected chi connectivity index (χ4v) is 4.07. The highest BCUT2D eigenvalue weighted by molar-refractivity contribution is 6.13. The van der Waals surface area contributed by atoms with E-state index in [0.29, 0.717) is 6.61 Å². The van der Waals surface area contributed by atoms with Crippen molar-refractivity contribution in [2.75, 3.05) is 13.2 Å². The van der Waals surface area contributed by atoms with E-state index < -0.39 is 0 Å². The van der Waals surface area contributed by atoms with Crippen molar-refractivity contribution in [2.45, 2.75) is 12.5 Å². The minimum Gasteiger partial charge on any atom is -0.492 e. The number of hydrogen-bond donors (Lipinski definition) is 1. The lowest BCUT2D eigenvalue weighted by atomic mass is 10.1. The maximum absolute atomic E-state index is 11.1. The van der Waals surface area contributed by atoms with E-state index in [2.05, 4.69) is 41.0 Å². The Bertz CT molecular complexity index is 1180. The van der Waals surface area contributed by atoms with Crippen molar-refractivity contribution in [2.24, 2.45) is 5.73 Å². The predicted octanol–water partition coefficient (Wildman–Crippen LogP) is 4.03. The molecule has 1 aliphatic rings. The predicted molar refractivity (Wildman–Crippen MR) is 109 cm³/mol. The van der Waals surface area contributed by atoms with Crippen molar-refractivity contribution in [3.8, 4) is 11.5 Å². The van der Waals surface area contributed by atoms with Crippen LogP contribution in [0.25, 0.3) is 21.8 Å². The molecular weight excluding hydrogens is 352 g/mol. The molecule has 0 saturated heterocycles. The largest absolute Gasteiger partial charge is 0.492 e. The molecule has 0 fully saturated rings. The van der Waals surface area contributed by atoms with Crippen LogP contribution in [-0.2, 0) is 4.79 Å². The van der Waals surface area contributed by atoms with Crippen LogP contribution in [0.15, 0.2) is 66.7 Å². The number of aromatic nitrogens is 1. The molecule has 140 valence electrons. The van der Waals surface area contributed by atoms with Crippen LogP contribution in [-0.4, -0.2) is 23.7 Å². The summed E-state index contributed by atoms with van der Waals surface area (Å²) in [6, 6.07) is 22.6. The highest BCUT2D eigenvalue weighted by Gasteiger charge is 2.28. The SMILES string of the molecule is NC(=O)CCOc1cccc2c1c1cccc3c1n2C(c1ccccc1)CO3. The lowest BCUT2D eigenvalue weighted by Crippen LogP contribution is -2.22. The Morgan fingerprint density at radius 3 is 2.71 bits per heavy atom. The second kappa shape index (κ2) is 6.60. The number of rotatable bonds is 5. The van der Waals surface area contributed by atoms with Gasteiger partial charge in [-0.1, -0.05) is 48.5 Å². The second-order valence-electron chi connectivity index (χ2n) is 6.97. The van der Waals surface area contributed by atoms with Gasteiger partial charge in [-0.2, -0.15) is 0 Å². The fourth-order valence-electron chi connectivity index (χ4n) is 4.07. The summed E-state index contributed by atoms with van der Waals surface area (Å²) in [5, 5.41) is 2.12. The molecule has 4 aromatic rings. The van der Waals surface area contributed by atoms with Crippen molar-refractivity contribution < 1.29 is 14.3 Å². The zero-order valence-corrected chi connectivity index (χ0v) is 15.3. The van der Waals surface area contributed by atoms with Crippen LogP contribution in [0.2, 0.25) is 0 Å². The topological polar surface area (TPSA) is 66.5 Å². The first-order valence-electron chi connectivity index (χ1n) is 9.38. The number of para-hydroxylation sites is 1. The molecule has 1 aromatic heterocycles. The summed E-state index contributed by atoms with van der Waals surface area (Å²) in [7, 11) is 0. The van der Waals surface area contributed by atoms with Crippen molar-refractivity contribution >= 4 is 27.7 Å². The van der Waals surface area contributed by atoms with Gasteiger partial charge in [0, 0.05) is 10.8 Å². The standard InChI is InChI=1S/C23H20N2O3/c24-21(26)12-13-27-19-10-5-9-17-22(19)16-8-4-11-20-23(16)25(17)18(14-28-20)15-6-2-1-3-7-15/h1-11,18H,12-14H2,(H2,24,26). The van der Waals surface area contributed by atoms with Gasteiger partial charge in [0.15, 0.2) is 0 Å². The van der Waals surface area contributed by atoms with E-state index in [1.807, 2.05) is 30.3 Å². The number of fused-ring (bicyclic) bond motifs is 3. The van der Waals surface area contributed by atoms with E-state index in [0.717, 1.165) is 33.3 Å². The molecule has 3 aromatic carbocycles. The summed E-state index contributed by atoms with van der Waals surface area (Å²) in [5.41, 5.74) is 8.63. The molecule has 2 N–H and O–H groups in total. The zero-order chi connectivity index (χ0) is 19.1. The maximum Gasteiger partial charge on any atom is 0.220 e. The number of hydrogen-bond acceptors (Lipinski definition) is 3. The van der Waals surface area contributed by atoms with Gasteiger partial charge < -0.3 is 19.8 Å². The Labute approximate surface area is 162 Å². The van der Waals surface area contributed by atoms with Crippen LogP contribution in [0.3, 0.4) is 0 Å². The van der Waals surface area contributed by atoms with Gasteiger partial charge in [-0.3, -0.25) is 4.79 Å². The number of primary amides is 1. The third kappa shape index (κ3) is 2.59. The number of nitrogens with zero attached hydrogens (tertiary/aromatic N) is 1. The van der Waals surface area contributed by atoms with Gasteiger partial charge in [0.05, 0.1) is 30.1 Å². The average molecular weight is 372 g/mol. The maximum atomic E-state index is 11.1. The minimum atomic E-state index is -0.368. The Hall–Kier alpha value is -3.47. The Morgan fingerprint density at radius 1 is 1.07 bits per heavy atom. The van der Waals surface area contributed by atoms with Gasteiger partial charge in [-0.15, -0.1) is 0 Å². The summed E-state index contributed by atoms with van der Waals surface area (Å²) in [6.45, 7) is 0.839. The molecule has 1 atom stereocenters. The van der Waals surface area contributed by atoms with E-state index in [9.17, 15) is 4.79 Å². The van der Waals surface area contributed by atoms with Gasteiger partial charge in [0.25, 0.3) is 0 Å². The van der Waals surface area contributed by atoms with Gasteiger partial charge in [0.2, 0.25) is 5.91 Å². The first-order chi connectivity index (χ1) is 13.7. The van der Waals surface area contributed by atoms with Crippen molar-refractivity contribution in [3.05, 3.63) is 72.3 Å². The molecule has 2 heterocycles. The smallest absolute Gasteiger partial charge is 0.220 e. The summed E-state index contributed by atoms with van der Waals surface area (Å²) in [6.07, 6.45) is 0.191. The second-order valence-corrected chi connectivity index (χ2v) is 6.97. The Morgan fingerprint density at radius 2 is 1.89 bits per heavy atom. The van der Waals surface area contributed by atoms with Crippen LogP contribution in [0.1, 0.15) is 18.0 Å². The number of ether oxygens (including phenoxy) is 2. The van der Waals surface area contributed by atoms with Gasteiger partial charge >= 0.3 is 0 Å². The average Bonchev–Trinajstić information content (AvgIpc) is 3.06. The molecule has 0 spiro atoms. The van der Waals surface area contributed by atoms with Gasteiger partial charge in [-0.05, 0) is 23.8 Å². The van der Waals surface area contributed by atoms with E-state index >= 15 is 0 Å². The Kier molecular flexibility index (Phi) is 3.93. The number of benzene rings is 3. The summed E-state index contributed by atoms with van der Waals surface area (Å²) < 4.78 is 14.4. The monoisotopic (exact) mass is 372 g/mol. The fraction of sp³-hybridized carbons (Fsp3) is 0.174. The zero-order valence-electron chi connectivity index (χ0n) is 15.3. The molecule has 5 rings (SSSR count). The lowest BCUT2D eigenvalue weighted by molar-refractivity contribution is -0.118. The third-order valence-corrected chi connectivity index (χ3v) is 5.27. The van der Waals surface area contributed by atoms with E-state index in [1.54, 1.807) is 0 Å².